The third-order valence-electron chi connectivity index (χ3n) is 2.86. The summed E-state index contributed by atoms with van der Waals surface area (Å²) in [6.07, 6.45) is 1.45. The third-order valence-corrected chi connectivity index (χ3v) is 2.86. The van der Waals surface area contributed by atoms with E-state index >= 15 is 0 Å². The molecule has 1 aromatic heterocycles. The van der Waals surface area contributed by atoms with Gasteiger partial charge in [-0.3, -0.25) is 10.00 Å². The van der Waals surface area contributed by atoms with E-state index in [0.717, 1.165) is 16.8 Å². The number of ether oxygens (including phenoxy) is 1. The first kappa shape index (κ1) is 15.1. The van der Waals surface area contributed by atoms with Crippen molar-refractivity contribution in [1.82, 2.24) is 9.78 Å². The number of nitrogens with one attached hydrogen (secondary N) is 1. The number of hydrogen-bond acceptors (Lipinski definition) is 3. The van der Waals surface area contributed by atoms with Gasteiger partial charge in [0.1, 0.15) is 5.60 Å². The smallest absolute Gasteiger partial charge is 0.412 e. The van der Waals surface area contributed by atoms with E-state index in [4.69, 9.17) is 4.74 Å². The summed E-state index contributed by atoms with van der Waals surface area (Å²) >= 11 is 0. The molecular weight excluding hydrogens is 266 g/mol. The van der Waals surface area contributed by atoms with Gasteiger partial charge >= 0.3 is 6.09 Å². The fourth-order valence-corrected chi connectivity index (χ4v) is 2.01. The summed E-state index contributed by atoms with van der Waals surface area (Å²) in [6, 6.07) is 7.67. The van der Waals surface area contributed by atoms with Gasteiger partial charge in [-0.2, -0.15) is 5.10 Å². The Kier molecular flexibility index (Phi) is 4.02. The van der Waals surface area contributed by atoms with Crippen LogP contribution in [-0.4, -0.2) is 21.5 Å². The third kappa shape index (κ3) is 4.08. The van der Waals surface area contributed by atoms with Crippen LogP contribution >= 0.6 is 0 Å². The number of benzene rings is 1. The van der Waals surface area contributed by atoms with Crippen LogP contribution in [0.1, 0.15) is 26.3 Å². The number of carbonyl (C=O) groups excluding carboxylic acids is 1. The maximum Gasteiger partial charge on any atom is 0.412 e. The maximum absolute atomic E-state index is 11.7. The summed E-state index contributed by atoms with van der Waals surface area (Å²) in [4.78, 5) is 11.7. The molecule has 0 aliphatic rings. The normalized spacial score (nSPS) is 11.3. The van der Waals surface area contributed by atoms with Crippen molar-refractivity contribution >= 4 is 11.8 Å². The molecule has 0 bridgehead atoms. The van der Waals surface area contributed by atoms with Gasteiger partial charge in [-0.25, -0.2) is 4.79 Å². The minimum atomic E-state index is -0.507. The minimum Gasteiger partial charge on any atom is -0.444 e. The summed E-state index contributed by atoms with van der Waals surface area (Å²) < 4.78 is 7.00. The molecule has 1 amide bonds. The van der Waals surface area contributed by atoms with Gasteiger partial charge in [-0.05, 0) is 51.5 Å². The van der Waals surface area contributed by atoms with E-state index in [2.05, 4.69) is 10.4 Å². The standard InChI is InChI=1S/C16H21N3O2/c1-11-10-12(17-15(20)21-16(2,3)4)6-7-13(11)14-8-9-19(5)18-14/h6-10H,1-5H3,(H,17,20). The highest BCUT2D eigenvalue weighted by molar-refractivity contribution is 5.85. The summed E-state index contributed by atoms with van der Waals surface area (Å²) in [5.74, 6) is 0. The number of aryl methyl sites for hydroxylation is 2. The Labute approximate surface area is 124 Å². The Morgan fingerprint density at radius 3 is 2.52 bits per heavy atom. The lowest BCUT2D eigenvalue weighted by Gasteiger charge is -2.19. The maximum atomic E-state index is 11.7. The molecule has 0 unspecified atom stereocenters. The van der Waals surface area contributed by atoms with Gasteiger partial charge in [0.2, 0.25) is 0 Å². The molecule has 2 aromatic rings. The SMILES string of the molecule is Cc1cc(NC(=O)OC(C)(C)C)ccc1-c1ccn(C)n1. The van der Waals surface area contributed by atoms with E-state index in [1.807, 2.05) is 65.2 Å². The van der Waals surface area contributed by atoms with E-state index in [-0.39, 0.29) is 0 Å². The van der Waals surface area contributed by atoms with Crippen molar-refractivity contribution in [2.45, 2.75) is 33.3 Å². The summed E-state index contributed by atoms with van der Waals surface area (Å²) in [6.45, 7) is 7.50. The van der Waals surface area contributed by atoms with Gasteiger partial charge in [0, 0.05) is 24.5 Å². The average Bonchev–Trinajstić information content (AvgIpc) is 2.73. The molecule has 1 aromatic carbocycles. The van der Waals surface area contributed by atoms with Crippen molar-refractivity contribution in [1.29, 1.82) is 0 Å². The van der Waals surface area contributed by atoms with E-state index in [0.29, 0.717) is 5.69 Å². The van der Waals surface area contributed by atoms with Gasteiger partial charge in [-0.15, -0.1) is 0 Å². The summed E-state index contributed by atoms with van der Waals surface area (Å²) in [5.41, 5.74) is 3.21. The molecule has 0 saturated carbocycles. The summed E-state index contributed by atoms with van der Waals surface area (Å²) in [7, 11) is 1.89. The molecule has 0 fully saturated rings. The van der Waals surface area contributed by atoms with E-state index in [9.17, 15) is 4.79 Å². The number of aromatic nitrogens is 2. The highest BCUT2D eigenvalue weighted by Crippen LogP contribution is 2.24. The van der Waals surface area contributed by atoms with Gasteiger partial charge < -0.3 is 4.74 Å². The lowest BCUT2D eigenvalue weighted by molar-refractivity contribution is 0.0636. The van der Waals surface area contributed by atoms with Crippen LogP contribution in [0.5, 0.6) is 0 Å². The zero-order valence-corrected chi connectivity index (χ0v) is 13.1. The second-order valence-corrected chi connectivity index (χ2v) is 6.03. The number of nitrogens with zero attached hydrogens (tertiary/aromatic N) is 2. The predicted molar refractivity (Wildman–Crippen MR) is 83.2 cm³/mol. The fourth-order valence-electron chi connectivity index (χ4n) is 2.01. The molecular formula is C16H21N3O2. The molecule has 0 aliphatic carbocycles. The minimum absolute atomic E-state index is 0.451. The first-order chi connectivity index (χ1) is 9.74. The Morgan fingerprint density at radius 1 is 1.29 bits per heavy atom. The van der Waals surface area contributed by atoms with Gasteiger partial charge in [0.25, 0.3) is 0 Å². The highest BCUT2D eigenvalue weighted by Gasteiger charge is 2.16. The quantitative estimate of drug-likeness (QED) is 0.915. The van der Waals surface area contributed by atoms with Crippen molar-refractivity contribution in [2.24, 2.45) is 7.05 Å². The molecule has 0 saturated heterocycles. The topological polar surface area (TPSA) is 56.1 Å². The number of anilines is 1. The molecule has 5 heteroatoms. The predicted octanol–water partition coefficient (Wildman–Crippen LogP) is 3.74. The number of hydrogen-bond donors (Lipinski definition) is 1. The monoisotopic (exact) mass is 287 g/mol. The molecule has 5 nitrogen and oxygen atoms in total. The fraction of sp³-hybridized carbons (Fsp3) is 0.375. The second-order valence-electron chi connectivity index (χ2n) is 6.03. The first-order valence-corrected chi connectivity index (χ1v) is 6.85. The van der Waals surface area contributed by atoms with Gasteiger partial charge in [-0.1, -0.05) is 6.07 Å². The molecule has 2 rings (SSSR count). The molecule has 1 heterocycles. The lowest BCUT2D eigenvalue weighted by atomic mass is 10.1. The molecule has 21 heavy (non-hydrogen) atoms. The molecule has 112 valence electrons. The first-order valence-electron chi connectivity index (χ1n) is 6.85. The van der Waals surface area contributed by atoms with Crippen LogP contribution in [0.4, 0.5) is 10.5 Å². The van der Waals surface area contributed by atoms with Crippen molar-refractivity contribution < 1.29 is 9.53 Å². The molecule has 0 radical (unpaired) electrons. The largest absolute Gasteiger partial charge is 0.444 e. The van der Waals surface area contributed by atoms with E-state index in [1.165, 1.54) is 0 Å². The zero-order chi connectivity index (χ0) is 15.6. The van der Waals surface area contributed by atoms with E-state index < -0.39 is 11.7 Å². The Morgan fingerprint density at radius 2 is 2.00 bits per heavy atom. The Hall–Kier alpha value is -2.30. The lowest BCUT2D eigenvalue weighted by Crippen LogP contribution is -2.27. The van der Waals surface area contributed by atoms with E-state index in [1.54, 1.807) is 4.68 Å². The van der Waals surface area contributed by atoms with Crippen LogP contribution in [-0.2, 0) is 11.8 Å². The van der Waals surface area contributed by atoms with Gasteiger partial charge in [0.15, 0.2) is 0 Å². The number of carbonyl (C=O) groups is 1. The Balaban J connectivity index is 2.14. The van der Waals surface area contributed by atoms with Crippen molar-refractivity contribution in [3.05, 3.63) is 36.0 Å². The molecule has 0 atom stereocenters. The van der Waals surface area contributed by atoms with Crippen LogP contribution in [0.15, 0.2) is 30.5 Å². The van der Waals surface area contributed by atoms with Crippen LogP contribution in [0.25, 0.3) is 11.3 Å². The molecule has 0 spiro atoms. The van der Waals surface area contributed by atoms with Crippen molar-refractivity contribution in [3.63, 3.8) is 0 Å². The van der Waals surface area contributed by atoms with Gasteiger partial charge in [0.05, 0.1) is 5.69 Å². The van der Waals surface area contributed by atoms with Crippen molar-refractivity contribution in [3.8, 4) is 11.3 Å². The van der Waals surface area contributed by atoms with Crippen molar-refractivity contribution in [2.75, 3.05) is 5.32 Å². The molecule has 0 aliphatic heterocycles. The number of rotatable bonds is 2. The number of amides is 1. The van der Waals surface area contributed by atoms with Crippen LogP contribution in [0.3, 0.4) is 0 Å². The average molecular weight is 287 g/mol. The highest BCUT2D eigenvalue weighted by atomic mass is 16.6. The second kappa shape index (κ2) is 5.60. The van der Waals surface area contributed by atoms with Crippen LogP contribution in [0, 0.1) is 6.92 Å². The molecule has 1 N–H and O–H groups in total. The van der Waals surface area contributed by atoms with Crippen LogP contribution in [0.2, 0.25) is 0 Å². The summed E-state index contributed by atoms with van der Waals surface area (Å²) in [5, 5.41) is 7.12. The zero-order valence-electron chi connectivity index (χ0n) is 13.1. The Bertz CT molecular complexity index is 654. The van der Waals surface area contributed by atoms with Crippen LogP contribution < -0.4 is 5.32 Å².